The van der Waals surface area contributed by atoms with Crippen molar-refractivity contribution in [1.29, 1.82) is 0 Å². The molecule has 8 heteroatoms. The van der Waals surface area contributed by atoms with Gasteiger partial charge in [0, 0.05) is 56.0 Å². The minimum absolute atomic E-state index is 0.224. The first-order valence-electron chi connectivity index (χ1n) is 8.57. The largest absolute Gasteiger partial charge is 0.433 e. The molecule has 0 unspecified atom stereocenters. The van der Waals surface area contributed by atoms with Crippen LogP contribution in [0.15, 0.2) is 18.3 Å². The summed E-state index contributed by atoms with van der Waals surface area (Å²) < 4.78 is 38.4. The normalized spacial score (nSPS) is 20.0. The summed E-state index contributed by atoms with van der Waals surface area (Å²) >= 11 is 1.88. The highest BCUT2D eigenvalue weighted by molar-refractivity contribution is 7.99. The van der Waals surface area contributed by atoms with Gasteiger partial charge in [-0.3, -0.25) is 9.78 Å². The minimum Gasteiger partial charge on any atom is -0.371 e. The number of hydrogen-bond acceptors (Lipinski definition) is 4. The standard InChI is InChI=1S/C17H22F3N3OS/c18-17(19,20)15-12-14(1-4-21-15)22-5-2-13(3-6-22)11-16(24)23-7-9-25-10-8-23/h1,4,12-13H,2-3,5-11H2. The average Bonchev–Trinajstić information content (AvgIpc) is 2.62. The van der Waals surface area contributed by atoms with Gasteiger partial charge in [0.25, 0.3) is 0 Å². The molecular weight excluding hydrogens is 351 g/mol. The number of aromatic nitrogens is 1. The van der Waals surface area contributed by atoms with Gasteiger partial charge >= 0.3 is 6.18 Å². The first-order valence-corrected chi connectivity index (χ1v) is 9.72. The van der Waals surface area contributed by atoms with E-state index in [0.717, 1.165) is 43.5 Å². The molecule has 2 saturated heterocycles. The summed E-state index contributed by atoms with van der Waals surface area (Å²) in [6.07, 6.45) is -0.992. The molecule has 2 fully saturated rings. The molecule has 0 N–H and O–H groups in total. The molecule has 1 amide bonds. The van der Waals surface area contributed by atoms with Crippen molar-refractivity contribution in [3.8, 4) is 0 Å². The Bertz CT molecular complexity index is 597. The van der Waals surface area contributed by atoms with Gasteiger partial charge in [-0.15, -0.1) is 0 Å². The highest BCUT2D eigenvalue weighted by atomic mass is 32.2. The second-order valence-electron chi connectivity index (χ2n) is 6.52. The molecule has 1 aromatic heterocycles. The van der Waals surface area contributed by atoms with Gasteiger partial charge < -0.3 is 9.80 Å². The van der Waals surface area contributed by atoms with E-state index in [1.807, 2.05) is 21.6 Å². The number of anilines is 1. The van der Waals surface area contributed by atoms with Crippen molar-refractivity contribution in [2.45, 2.75) is 25.4 Å². The van der Waals surface area contributed by atoms with E-state index in [9.17, 15) is 18.0 Å². The summed E-state index contributed by atoms with van der Waals surface area (Å²) in [5.41, 5.74) is -0.301. The van der Waals surface area contributed by atoms with E-state index < -0.39 is 11.9 Å². The number of hydrogen-bond donors (Lipinski definition) is 0. The Balaban J connectivity index is 1.52. The Labute approximate surface area is 149 Å². The third-order valence-electron chi connectivity index (χ3n) is 4.84. The molecule has 138 valence electrons. The molecule has 4 nitrogen and oxygen atoms in total. The Hall–Kier alpha value is -1.44. The molecular formula is C17H22F3N3OS. The zero-order valence-electron chi connectivity index (χ0n) is 14.0. The molecule has 0 aliphatic carbocycles. The number of halogens is 3. The van der Waals surface area contributed by atoms with Crippen LogP contribution in [0.1, 0.15) is 25.0 Å². The average molecular weight is 373 g/mol. The van der Waals surface area contributed by atoms with E-state index in [2.05, 4.69) is 4.98 Å². The van der Waals surface area contributed by atoms with E-state index >= 15 is 0 Å². The van der Waals surface area contributed by atoms with Gasteiger partial charge in [-0.05, 0) is 30.9 Å². The van der Waals surface area contributed by atoms with Crippen molar-refractivity contribution in [3.63, 3.8) is 0 Å². The highest BCUT2D eigenvalue weighted by Gasteiger charge is 2.33. The Morgan fingerprint density at radius 1 is 1.20 bits per heavy atom. The molecule has 2 aliphatic heterocycles. The zero-order chi connectivity index (χ0) is 17.9. The van der Waals surface area contributed by atoms with Crippen LogP contribution >= 0.6 is 11.8 Å². The van der Waals surface area contributed by atoms with Crippen molar-refractivity contribution >= 4 is 23.4 Å². The lowest BCUT2D eigenvalue weighted by atomic mass is 9.92. The minimum atomic E-state index is -4.42. The van der Waals surface area contributed by atoms with Crippen molar-refractivity contribution in [3.05, 3.63) is 24.0 Å². The van der Waals surface area contributed by atoms with Crippen LogP contribution in [0.3, 0.4) is 0 Å². The number of alkyl halides is 3. The Morgan fingerprint density at radius 2 is 1.88 bits per heavy atom. The van der Waals surface area contributed by atoms with E-state index in [-0.39, 0.29) is 5.91 Å². The third-order valence-corrected chi connectivity index (χ3v) is 5.78. The van der Waals surface area contributed by atoms with Gasteiger partial charge in [0.05, 0.1) is 0 Å². The van der Waals surface area contributed by atoms with Gasteiger partial charge in [-0.25, -0.2) is 0 Å². The van der Waals surface area contributed by atoms with E-state index in [4.69, 9.17) is 0 Å². The fraction of sp³-hybridized carbons (Fsp3) is 0.647. The molecule has 3 rings (SSSR count). The van der Waals surface area contributed by atoms with Crippen LogP contribution in [0, 0.1) is 5.92 Å². The van der Waals surface area contributed by atoms with Gasteiger partial charge in [-0.2, -0.15) is 24.9 Å². The maximum Gasteiger partial charge on any atom is 0.433 e. The third kappa shape index (κ3) is 4.80. The predicted octanol–water partition coefficient (Wildman–Crippen LogP) is 3.28. The summed E-state index contributed by atoms with van der Waals surface area (Å²) in [7, 11) is 0. The lowest BCUT2D eigenvalue weighted by Gasteiger charge is -2.35. The molecule has 25 heavy (non-hydrogen) atoms. The molecule has 0 saturated carbocycles. The molecule has 0 bridgehead atoms. The summed E-state index contributed by atoms with van der Waals surface area (Å²) in [4.78, 5) is 19.7. The zero-order valence-corrected chi connectivity index (χ0v) is 14.8. The number of carbonyl (C=O) groups is 1. The molecule has 0 spiro atoms. The van der Waals surface area contributed by atoms with Crippen LogP contribution in [-0.2, 0) is 11.0 Å². The van der Waals surface area contributed by atoms with Crippen molar-refractivity contribution in [1.82, 2.24) is 9.88 Å². The highest BCUT2D eigenvalue weighted by Crippen LogP contribution is 2.31. The van der Waals surface area contributed by atoms with Crippen LogP contribution in [0.5, 0.6) is 0 Å². The monoisotopic (exact) mass is 373 g/mol. The molecule has 1 aromatic rings. The lowest BCUT2D eigenvalue weighted by molar-refractivity contribution is -0.141. The van der Waals surface area contributed by atoms with Gasteiger partial charge in [0.15, 0.2) is 0 Å². The van der Waals surface area contributed by atoms with Crippen LogP contribution < -0.4 is 4.90 Å². The Kier molecular flexibility index (Phi) is 5.76. The smallest absolute Gasteiger partial charge is 0.371 e. The second kappa shape index (κ2) is 7.85. The fourth-order valence-corrected chi connectivity index (χ4v) is 4.26. The number of pyridine rings is 1. The second-order valence-corrected chi connectivity index (χ2v) is 7.75. The Morgan fingerprint density at radius 3 is 2.52 bits per heavy atom. The lowest BCUT2D eigenvalue weighted by Crippen LogP contribution is -2.40. The fourth-order valence-electron chi connectivity index (χ4n) is 3.36. The van der Waals surface area contributed by atoms with Gasteiger partial charge in [0.1, 0.15) is 5.69 Å². The predicted molar refractivity (Wildman–Crippen MR) is 92.7 cm³/mol. The van der Waals surface area contributed by atoms with Gasteiger partial charge in [-0.1, -0.05) is 0 Å². The molecule has 0 aromatic carbocycles. The van der Waals surface area contributed by atoms with Crippen LogP contribution in [0.4, 0.5) is 18.9 Å². The summed E-state index contributed by atoms with van der Waals surface area (Å²) in [6.45, 7) is 3.02. The van der Waals surface area contributed by atoms with Crippen molar-refractivity contribution in [2.75, 3.05) is 42.6 Å². The number of nitrogens with zero attached hydrogens (tertiary/aromatic N) is 3. The van der Waals surface area contributed by atoms with E-state index in [1.165, 1.54) is 6.20 Å². The summed E-state index contributed by atoms with van der Waals surface area (Å²) in [5, 5.41) is 0. The number of amides is 1. The SMILES string of the molecule is O=C(CC1CCN(c2ccnc(C(F)(F)F)c2)CC1)N1CCSCC1. The summed E-state index contributed by atoms with van der Waals surface area (Å²) in [6, 6.07) is 2.73. The van der Waals surface area contributed by atoms with Crippen LogP contribution in [0.25, 0.3) is 0 Å². The molecule has 3 heterocycles. The maximum atomic E-state index is 12.8. The van der Waals surface area contributed by atoms with Crippen LogP contribution in [-0.4, -0.2) is 53.5 Å². The topological polar surface area (TPSA) is 36.4 Å². The quantitative estimate of drug-likeness (QED) is 0.815. The first-order chi connectivity index (χ1) is 11.9. The van der Waals surface area contributed by atoms with E-state index in [0.29, 0.717) is 31.1 Å². The number of carbonyl (C=O) groups excluding carboxylic acids is 1. The number of rotatable bonds is 3. The van der Waals surface area contributed by atoms with Crippen molar-refractivity contribution in [2.24, 2.45) is 5.92 Å². The summed E-state index contributed by atoms with van der Waals surface area (Å²) in [5.74, 6) is 2.56. The maximum absolute atomic E-state index is 12.8. The van der Waals surface area contributed by atoms with E-state index in [1.54, 1.807) is 6.07 Å². The first kappa shape index (κ1) is 18.4. The molecule has 0 radical (unpaired) electrons. The van der Waals surface area contributed by atoms with Crippen LogP contribution in [0.2, 0.25) is 0 Å². The number of piperidine rings is 1. The van der Waals surface area contributed by atoms with Crippen molar-refractivity contribution < 1.29 is 18.0 Å². The molecule has 2 aliphatic rings. The number of thioether (sulfide) groups is 1. The van der Waals surface area contributed by atoms with Gasteiger partial charge in [0.2, 0.25) is 5.91 Å². The molecule has 0 atom stereocenters.